The number of carbonyl (C=O) groups excluding carboxylic acids is 1. The first-order valence-corrected chi connectivity index (χ1v) is 7.64. The number of rotatable bonds is 5. The van der Waals surface area contributed by atoms with Crippen LogP contribution in [0.2, 0.25) is 0 Å². The van der Waals surface area contributed by atoms with Gasteiger partial charge >= 0.3 is 5.97 Å². The third-order valence-electron chi connectivity index (χ3n) is 3.09. The van der Waals surface area contributed by atoms with Gasteiger partial charge in [0.05, 0.1) is 6.61 Å². The second kappa shape index (κ2) is 7.27. The van der Waals surface area contributed by atoms with Crippen LogP contribution >= 0.6 is 15.9 Å². The van der Waals surface area contributed by atoms with Gasteiger partial charge in [-0.05, 0) is 43.7 Å². The van der Waals surface area contributed by atoms with Gasteiger partial charge in [0.15, 0.2) is 6.04 Å². The van der Waals surface area contributed by atoms with Crippen LogP contribution in [0.4, 0.5) is 5.69 Å². The molecule has 0 aliphatic heterocycles. The molecule has 0 saturated carbocycles. The van der Waals surface area contributed by atoms with E-state index in [1.807, 2.05) is 62.4 Å². The van der Waals surface area contributed by atoms with Crippen molar-refractivity contribution >= 4 is 27.6 Å². The molecule has 0 radical (unpaired) electrons. The Balaban J connectivity index is 2.25. The molecule has 21 heavy (non-hydrogen) atoms. The summed E-state index contributed by atoms with van der Waals surface area (Å²) in [7, 11) is 0. The molecule has 0 amide bonds. The molecule has 3 nitrogen and oxygen atoms in total. The van der Waals surface area contributed by atoms with Crippen molar-refractivity contribution in [1.29, 1.82) is 0 Å². The van der Waals surface area contributed by atoms with Crippen molar-refractivity contribution in [1.82, 2.24) is 0 Å². The van der Waals surface area contributed by atoms with Gasteiger partial charge in [0, 0.05) is 10.2 Å². The van der Waals surface area contributed by atoms with Gasteiger partial charge in [-0.25, -0.2) is 4.79 Å². The lowest BCUT2D eigenvalue weighted by atomic mass is 10.0. The van der Waals surface area contributed by atoms with E-state index in [4.69, 9.17) is 4.74 Å². The number of benzene rings is 2. The van der Waals surface area contributed by atoms with Crippen LogP contribution in [0, 0.1) is 6.92 Å². The third-order valence-corrected chi connectivity index (χ3v) is 3.62. The van der Waals surface area contributed by atoms with Crippen molar-refractivity contribution in [3.05, 3.63) is 64.1 Å². The molecular formula is C17H18BrNO2. The molecule has 0 heterocycles. The molecule has 0 bridgehead atoms. The summed E-state index contributed by atoms with van der Waals surface area (Å²) < 4.78 is 6.17. The predicted molar refractivity (Wildman–Crippen MR) is 88.3 cm³/mol. The first-order chi connectivity index (χ1) is 10.1. The van der Waals surface area contributed by atoms with Gasteiger partial charge in [-0.2, -0.15) is 0 Å². The van der Waals surface area contributed by atoms with Crippen molar-refractivity contribution in [3.63, 3.8) is 0 Å². The highest BCUT2D eigenvalue weighted by Gasteiger charge is 2.21. The van der Waals surface area contributed by atoms with Crippen molar-refractivity contribution in [2.75, 3.05) is 11.9 Å². The minimum Gasteiger partial charge on any atom is -0.464 e. The maximum absolute atomic E-state index is 12.2. The first kappa shape index (κ1) is 15.6. The summed E-state index contributed by atoms with van der Waals surface area (Å²) in [5, 5.41) is 3.23. The molecule has 4 heteroatoms. The van der Waals surface area contributed by atoms with Gasteiger partial charge in [0.2, 0.25) is 0 Å². The van der Waals surface area contributed by atoms with E-state index >= 15 is 0 Å². The number of anilines is 1. The highest BCUT2D eigenvalue weighted by Crippen LogP contribution is 2.23. The Morgan fingerprint density at radius 3 is 2.33 bits per heavy atom. The smallest absolute Gasteiger partial charge is 0.333 e. The minimum atomic E-state index is -0.508. The summed E-state index contributed by atoms with van der Waals surface area (Å²) in [6, 6.07) is 15.1. The number of nitrogens with one attached hydrogen (secondary N) is 1. The quantitative estimate of drug-likeness (QED) is 0.810. The van der Waals surface area contributed by atoms with E-state index in [-0.39, 0.29) is 5.97 Å². The molecule has 2 aromatic carbocycles. The number of hydrogen-bond acceptors (Lipinski definition) is 3. The number of hydrogen-bond donors (Lipinski definition) is 1. The monoisotopic (exact) mass is 347 g/mol. The molecule has 0 aliphatic rings. The van der Waals surface area contributed by atoms with Gasteiger partial charge in [-0.1, -0.05) is 45.8 Å². The SMILES string of the molecule is CCOC(=O)C(Nc1ccc(Br)cc1)c1ccc(C)cc1. The van der Waals surface area contributed by atoms with Crippen LogP contribution in [-0.2, 0) is 9.53 Å². The maximum atomic E-state index is 12.2. The lowest BCUT2D eigenvalue weighted by Crippen LogP contribution is -2.23. The summed E-state index contributed by atoms with van der Waals surface area (Å²) in [5.41, 5.74) is 2.92. The topological polar surface area (TPSA) is 38.3 Å². The Bertz CT molecular complexity index is 593. The molecule has 0 fully saturated rings. The number of carbonyl (C=O) groups is 1. The second-order valence-electron chi connectivity index (χ2n) is 4.75. The summed E-state index contributed by atoms with van der Waals surface area (Å²) >= 11 is 3.40. The number of halogens is 1. The van der Waals surface area contributed by atoms with Crippen molar-refractivity contribution < 1.29 is 9.53 Å². The first-order valence-electron chi connectivity index (χ1n) is 6.85. The Kier molecular flexibility index (Phi) is 5.39. The lowest BCUT2D eigenvalue weighted by Gasteiger charge is -2.19. The fraction of sp³-hybridized carbons (Fsp3) is 0.235. The van der Waals surface area contributed by atoms with Crippen LogP contribution in [0.25, 0.3) is 0 Å². The van der Waals surface area contributed by atoms with Crippen LogP contribution in [0.5, 0.6) is 0 Å². The number of esters is 1. The molecule has 2 aromatic rings. The zero-order chi connectivity index (χ0) is 15.2. The molecule has 2 rings (SSSR count). The Morgan fingerprint density at radius 1 is 1.14 bits per heavy atom. The van der Waals surface area contributed by atoms with Gasteiger partial charge in [0.25, 0.3) is 0 Å². The average molecular weight is 348 g/mol. The summed E-state index contributed by atoms with van der Waals surface area (Å²) in [6.07, 6.45) is 0. The van der Waals surface area contributed by atoms with Gasteiger partial charge in [0.1, 0.15) is 0 Å². The van der Waals surface area contributed by atoms with E-state index in [9.17, 15) is 4.79 Å². The van der Waals surface area contributed by atoms with Crippen LogP contribution in [0.1, 0.15) is 24.1 Å². The van der Waals surface area contributed by atoms with E-state index < -0.39 is 6.04 Å². The van der Waals surface area contributed by atoms with Crippen LogP contribution < -0.4 is 5.32 Å². The van der Waals surface area contributed by atoms with Crippen LogP contribution in [0.15, 0.2) is 53.0 Å². The number of aryl methyl sites for hydroxylation is 1. The fourth-order valence-electron chi connectivity index (χ4n) is 1.98. The Labute approximate surface area is 133 Å². The Hall–Kier alpha value is -1.81. The molecule has 1 unspecified atom stereocenters. The van der Waals surface area contributed by atoms with E-state index in [0.717, 1.165) is 21.3 Å². The van der Waals surface area contributed by atoms with Gasteiger partial charge < -0.3 is 10.1 Å². The molecular weight excluding hydrogens is 330 g/mol. The zero-order valence-electron chi connectivity index (χ0n) is 12.1. The van der Waals surface area contributed by atoms with E-state index in [0.29, 0.717) is 6.61 Å². The molecule has 110 valence electrons. The van der Waals surface area contributed by atoms with E-state index in [1.165, 1.54) is 0 Å². The summed E-state index contributed by atoms with van der Waals surface area (Å²) in [5.74, 6) is -0.274. The van der Waals surface area contributed by atoms with Gasteiger partial charge in [-0.3, -0.25) is 0 Å². The van der Waals surface area contributed by atoms with Crippen molar-refractivity contribution in [3.8, 4) is 0 Å². The Morgan fingerprint density at radius 2 is 1.76 bits per heavy atom. The number of ether oxygens (including phenoxy) is 1. The molecule has 0 spiro atoms. The third kappa shape index (κ3) is 4.33. The molecule has 0 aliphatic carbocycles. The summed E-state index contributed by atoms with van der Waals surface area (Å²) in [6.45, 7) is 4.19. The minimum absolute atomic E-state index is 0.274. The largest absolute Gasteiger partial charge is 0.464 e. The van der Waals surface area contributed by atoms with Crippen LogP contribution in [0.3, 0.4) is 0 Å². The van der Waals surface area contributed by atoms with E-state index in [1.54, 1.807) is 0 Å². The standard InChI is InChI=1S/C17H18BrNO2/c1-3-21-17(20)16(13-6-4-12(2)5-7-13)19-15-10-8-14(18)9-11-15/h4-11,16,19H,3H2,1-2H3. The summed E-state index contributed by atoms with van der Waals surface area (Å²) in [4.78, 5) is 12.2. The van der Waals surface area contributed by atoms with Crippen molar-refractivity contribution in [2.24, 2.45) is 0 Å². The molecule has 0 aromatic heterocycles. The second-order valence-corrected chi connectivity index (χ2v) is 5.66. The van der Waals surface area contributed by atoms with Crippen LogP contribution in [-0.4, -0.2) is 12.6 Å². The van der Waals surface area contributed by atoms with E-state index in [2.05, 4.69) is 21.2 Å². The normalized spacial score (nSPS) is 11.8. The average Bonchev–Trinajstić information content (AvgIpc) is 2.48. The fourth-order valence-corrected chi connectivity index (χ4v) is 2.24. The predicted octanol–water partition coefficient (Wildman–Crippen LogP) is 4.47. The lowest BCUT2D eigenvalue weighted by molar-refractivity contribution is -0.144. The zero-order valence-corrected chi connectivity index (χ0v) is 13.7. The molecule has 1 atom stereocenters. The van der Waals surface area contributed by atoms with Crippen molar-refractivity contribution in [2.45, 2.75) is 19.9 Å². The molecule has 0 saturated heterocycles. The highest BCUT2D eigenvalue weighted by molar-refractivity contribution is 9.10. The highest BCUT2D eigenvalue weighted by atomic mass is 79.9. The maximum Gasteiger partial charge on any atom is 0.333 e. The molecule has 1 N–H and O–H groups in total. The van der Waals surface area contributed by atoms with Gasteiger partial charge in [-0.15, -0.1) is 0 Å².